The van der Waals surface area contributed by atoms with Crippen molar-refractivity contribution in [3.63, 3.8) is 0 Å². The summed E-state index contributed by atoms with van der Waals surface area (Å²) < 4.78 is 0. The minimum Gasteiger partial charge on any atom is -0.481 e. The van der Waals surface area contributed by atoms with Crippen LogP contribution in [-0.4, -0.2) is 40.3 Å². The van der Waals surface area contributed by atoms with Gasteiger partial charge in [-0.15, -0.1) is 0 Å². The fourth-order valence-corrected chi connectivity index (χ4v) is 1.64. The molecule has 0 amide bonds. The lowest BCUT2D eigenvalue weighted by molar-refractivity contribution is -0.136. The Labute approximate surface area is 108 Å². The first kappa shape index (κ1) is 14.7. The molecule has 0 unspecified atom stereocenters. The van der Waals surface area contributed by atoms with Crippen molar-refractivity contribution >= 4 is 5.97 Å². The van der Waals surface area contributed by atoms with Gasteiger partial charge in [0, 0.05) is 12.1 Å². The lowest BCUT2D eigenvalue weighted by Gasteiger charge is -2.34. The average Bonchev–Trinajstić information content (AvgIpc) is 2.31. The van der Waals surface area contributed by atoms with Gasteiger partial charge in [0.15, 0.2) is 0 Å². The van der Waals surface area contributed by atoms with E-state index in [0.29, 0.717) is 6.54 Å². The van der Waals surface area contributed by atoms with Crippen LogP contribution in [0, 0.1) is 0 Å². The van der Waals surface area contributed by atoms with E-state index in [-0.39, 0.29) is 18.6 Å². The fourth-order valence-electron chi connectivity index (χ4n) is 1.64. The second-order valence-corrected chi connectivity index (χ2v) is 5.17. The lowest BCUT2D eigenvalue weighted by atomic mass is 10.0. The number of aliphatic hydroxyl groups excluding tert-OH is 1. The second-order valence-electron chi connectivity index (χ2n) is 5.17. The van der Waals surface area contributed by atoms with Crippen LogP contribution in [0.1, 0.15) is 25.0 Å². The summed E-state index contributed by atoms with van der Waals surface area (Å²) in [4.78, 5) is 12.8. The summed E-state index contributed by atoms with van der Waals surface area (Å²) in [7, 11) is 1.92. The van der Waals surface area contributed by atoms with Crippen molar-refractivity contribution in [3.8, 4) is 0 Å². The Kier molecular flexibility index (Phi) is 4.87. The summed E-state index contributed by atoms with van der Waals surface area (Å²) >= 11 is 0. The van der Waals surface area contributed by atoms with E-state index in [1.165, 1.54) is 0 Å². The van der Waals surface area contributed by atoms with Crippen molar-refractivity contribution in [3.05, 3.63) is 35.4 Å². The standard InChI is InChI=1S/C14H21NO3/c1-14(2,10-16)15(3)9-12-7-5-4-6-11(12)8-13(17)18/h4-7,16H,8-10H2,1-3H3,(H,17,18). The summed E-state index contributed by atoms with van der Waals surface area (Å²) in [6, 6.07) is 7.52. The fraction of sp³-hybridized carbons (Fsp3) is 0.500. The summed E-state index contributed by atoms with van der Waals surface area (Å²) in [5, 5.41) is 18.2. The average molecular weight is 251 g/mol. The maximum Gasteiger partial charge on any atom is 0.307 e. The summed E-state index contributed by atoms with van der Waals surface area (Å²) in [6.07, 6.45) is 0.0313. The van der Waals surface area contributed by atoms with Gasteiger partial charge in [-0.2, -0.15) is 0 Å². The molecule has 0 aliphatic carbocycles. The number of carbonyl (C=O) groups is 1. The van der Waals surface area contributed by atoms with E-state index in [0.717, 1.165) is 11.1 Å². The largest absolute Gasteiger partial charge is 0.481 e. The van der Waals surface area contributed by atoms with Crippen molar-refractivity contribution in [1.82, 2.24) is 4.90 Å². The molecule has 0 radical (unpaired) electrons. The second kappa shape index (κ2) is 5.98. The third-order valence-electron chi connectivity index (χ3n) is 3.29. The predicted octanol–water partition coefficient (Wildman–Crippen LogP) is 1.52. The molecular weight excluding hydrogens is 230 g/mol. The van der Waals surface area contributed by atoms with Crippen LogP contribution in [0.2, 0.25) is 0 Å². The first-order valence-electron chi connectivity index (χ1n) is 5.97. The van der Waals surface area contributed by atoms with Crippen molar-refractivity contribution in [1.29, 1.82) is 0 Å². The van der Waals surface area contributed by atoms with E-state index in [2.05, 4.69) is 0 Å². The molecule has 0 fully saturated rings. The summed E-state index contributed by atoms with van der Waals surface area (Å²) in [5.74, 6) is -0.827. The molecule has 0 heterocycles. The minimum atomic E-state index is -0.827. The van der Waals surface area contributed by atoms with Gasteiger partial charge in [-0.25, -0.2) is 0 Å². The van der Waals surface area contributed by atoms with Crippen LogP contribution in [0.3, 0.4) is 0 Å². The van der Waals surface area contributed by atoms with E-state index in [9.17, 15) is 9.90 Å². The first-order valence-corrected chi connectivity index (χ1v) is 5.97. The summed E-state index contributed by atoms with van der Waals surface area (Å²) in [5.41, 5.74) is 1.49. The molecule has 18 heavy (non-hydrogen) atoms. The molecule has 100 valence electrons. The topological polar surface area (TPSA) is 60.8 Å². The van der Waals surface area contributed by atoms with Gasteiger partial charge in [0.05, 0.1) is 13.0 Å². The summed E-state index contributed by atoms with van der Waals surface area (Å²) in [6.45, 7) is 4.58. The van der Waals surface area contributed by atoms with Gasteiger partial charge in [0.2, 0.25) is 0 Å². The van der Waals surface area contributed by atoms with Crippen LogP contribution in [-0.2, 0) is 17.8 Å². The monoisotopic (exact) mass is 251 g/mol. The number of carboxylic acid groups (broad SMARTS) is 1. The van der Waals surface area contributed by atoms with Crippen molar-refractivity contribution in [2.24, 2.45) is 0 Å². The molecule has 0 saturated heterocycles. The Balaban J connectivity index is 2.87. The number of hydrogen-bond donors (Lipinski definition) is 2. The molecule has 1 aromatic rings. The van der Waals surface area contributed by atoms with Crippen LogP contribution >= 0.6 is 0 Å². The predicted molar refractivity (Wildman–Crippen MR) is 70.4 cm³/mol. The molecule has 1 rings (SSSR count). The number of aliphatic hydroxyl groups is 1. The smallest absolute Gasteiger partial charge is 0.307 e. The van der Waals surface area contributed by atoms with Gasteiger partial charge >= 0.3 is 5.97 Å². The molecule has 0 atom stereocenters. The quantitative estimate of drug-likeness (QED) is 0.804. The number of rotatable bonds is 6. The van der Waals surface area contributed by atoms with E-state index in [1.807, 2.05) is 50.1 Å². The SMILES string of the molecule is CN(Cc1ccccc1CC(=O)O)C(C)(C)CO. The first-order chi connectivity index (χ1) is 8.36. The van der Waals surface area contributed by atoms with Crippen LogP contribution in [0.4, 0.5) is 0 Å². The van der Waals surface area contributed by atoms with Gasteiger partial charge in [0.1, 0.15) is 0 Å². The highest BCUT2D eigenvalue weighted by atomic mass is 16.4. The van der Waals surface area contributed by atoms with E-state index < -0.39 is 5.97 Å². The number of hydrogen-bond acceptors (Lipinski definition) is 3. The molecule has 0 aromatic heterocycles. The van der Waals surface area contributed by atoms with Crippen molar-refractivity contribution in [2.45, 2.75) is 32.4 Å². The number of benzene rings is 1. The van der Waals surface area contributed by atoms with E-state index in [4.69, 9.17) is 5.11 Å². The molecule has 0 aliphatic heterocycles. The van der Waals surface area contributed by atoms with Gasteiger partial charge in [0.25, 0.3) is 0 Å². The Morgan fingerprint density at radius 1 is 1.28 bits per heavy atom. The number of aliphatic carboxylic acids is 1. The van der Waals surface area contributed by atoms with Crippen LogP contribution < -0.4 is 0 Å². The Morgan fingerprint density at radius 3 is 2.33 bits per heavy atom. The lowest BCUT2D eigenvalue weighted by Crippen LogP contribution is -2.43. The molecule has 0 aliphatic rings. The number of likely N-dealkylation sites (N-methyl/N-ethyl adjacent to an activating group) is 1. The van der Waals surface area contributed by atoms with Gasteiger partial charge in [-0.3, -0.25) is 9.69 Å². The van der Waals surface area contributed by atoms with Gasteiger partial charge < -0.3 is 10.2 Å². The highest BCUT2D eigenvalue weighted by Crippen LogP contribution is 2.18. The highest BCUT2D eigenvalue weighted by Gasteiger charge is 2.23. The Morgan fingerprint density at radius 2 is 1.83 bits per heavy atom. The molecule has 1 aromatic carbocycles. The Hall–Kier alpha value is -1.39. The van der Waals surface area contributed by atoms with E-state index >= 15 is 0 Å². The molecule has 4 nitrogen and oxygen atoms in total. The molecule has 4 heteroatoms. The molecule has 0 bridgehead atoms. The minimum absolute atomic E-state index is 0.0313. The zero-order chi connectivity index (χ0) is 13.8. The van der Waals surface area contributed by atoms with Crippen molar-refractivity contribution in [2.75, 3.05) is 13.7 Å². The maximum absolute atomic E-state index is 10.8. The number of nitrogens with zero attached hydrogens (tertiary/aromatic N) is 1. The van der Waals surface area contributed by atoms with Gasteiger partial charge in [-0.05, 0) is 32.0 Å². The maximum atomic E-state index is 10.8. The van der Waals surface area contributed by atoms with Gasteiger partial charge in [-0.1, -0.05) is 24.3 Å². The normalized spacial score (nSPS) is 11.8. The van der Waals surface area contributed by atoms with Crippen LogP contribution in [0.15, 0.2) is 24.3 Å². The zero-order valence-corrected chi connectivity index (χ0v) is 11.2. The Bertz CT molecular complexity index is 415. The van der Waals surface area contributed by atoms with Crippen LogP contribution in [0.25, 0.3) is 0 Å². The van der Waals surface area contributed by atoms with Crippen LogP contribution in [0.5, 0.6) is 0 Å². The molecule has 0 saturated carbocycles. The number of carboxylic acids is 1. The zero-order valence-electron chi connectivity index (χ0n) is 11.2. The molecular formula is C14H21NO3. The molecule has 2 N–H and O–H groups in total. The van der Waals surface area contributed by atoms with Crippen molar-refractivity contribution < 1.29 is 15.0 Å². The highest BCUT2D eigenvalue weighted by molar-refractivity contribution is 5.70. The molecule has 0 spiro atoms. The third kappa shape index (κ3) is 3.82. The third-order valence-corrected chi connectivity index (χ3v) is 3.29. The van der Waals surface area contributed by atoms with E-state index in [1.54, 1.807) is 0 Å².